The highest BCUT2D eigenvalue weighted by Crippen LogP contribution is 2.52. The molecule has 0 N–H and O–H groups in total. The third kappa shape index (κ3) is 0.936. The molecule has 0 aromatic heterocycles. The monoisotopic (exact) mass is 153 g/mol. The molecule has 1 heteroatoms. The molecule has 0 aromatic carbocycles. The van der Waals surface area contributed by atoms with Gasteiger partial charge in [-0.2, -0.15) is 0 Å². The molecule has 2 rings (SSSR count). The predicted molar refractivity (Wildman–Crippen MR) is 47.5 cm³/mol. The molecule has 1 nitrogen and oxygen atoms in total. The van der Waals surface area contributed by atoms with E-state index in [4.69, 9.17) is 0 Å². The lowest BCUT2D eigenvalue weighted by atomic mass is 9.82. The molecule has 0 heterocycles. The summed E-state index contributed by atoms with van der Waals surface area (Å²) in [7, 11) is 4.47. The van der Waals surface area contributed by atoms with Crippen LogP contribution < -0.4 is 0 Å². The summed E-state index contributed by atoms with van der Waals surface area (Å²) < 4.78 is 0. The van der Waals surface area contributed by atoms with E-state index in [9.17, 15) is 0 Å². The highest BCUT2D eigenvalue weighted by atomic mass is 15.2. The molecule has 0 radical (unpaired) electrons. The SMILES string of the molecule is CN(C)[C@@]1(C)C[C@H]2CC[C@H]1C2. The Labute approximate surface area is 69.8 Å². The van der Waals surface area contributed by atoms with Gasteiger partial charge in [-0.15, -0.1) is 0 Å². The summed E-state index contributed by atoms with van der Waals surface area (Å²) in [4.78, 5) is 2.44. The molecule has 11 heavy (non-hydrogen) atoms. The molecule has 0 spiro atoms. The number of fused-ring (bicyclic) bond motifs is 2. The summed E-state index contributed by atoms with van der Waals surface area (Å²) >= 11 is 0. The molecule has 0 saturated heterocycles. The van der Waals surface area contributed by atoms with Gasteiger partial charge in [0.1, 0.15) is 0 Å². The Morgan fingerprint density at radius 3 is 2.27 bits per heavy atom. The van der Waals surface area contributed by atoms with Crippen LogP contribution in [-0.4, -0.2) is 24.5 Å². The van der Waals surface area contributed by atoms with Crippen LogP contribution in [0.15, 0.2) is 0 Å². The Balaban J connectivity index is 2.16. The largest absolute Gasteiger partial charge is 0.304 e. The smallest absolute Gasteiger partial charge is 0.0206 e. The summed E-state index contributed by atoms with van der Waals surface area (Å²) in [5, 5.41) is 0. The second kappa shape index (κ2) is 2.22. The zero-order valence-electron chi connectivity index (χ0n) is 7.93. The predicted octanol–water partition coefficient (Wildman–Crippen LogP) is 2.13. The summed E-state index contributed by atoms with van der Waals surface area (Å²) in [5.41, 5.74) is 0.545. The maximum atomic E-state index is 2.44. The van der Waals surface area contributed by atoms with Gasteiger partial charge in [-0.1, -0.05) is 6.42 Å². The molecule has 3 atom stereocenters. The molecule has 2 bridgehead atoms. The summed E-state index contributed by atoms with van der Waals surface area (Å²) in [6, 6.07) is 0. The Morgan fingerprint density at radius 1 is 1.27 bits per heavy atom. The molecule has 2 aliphatic carbocycles. The minimum absolute atomic E-state index is 0.545. The van der Waals surface area contributed by atoms with Crippen molar-refractivity contribution in [3.05, 3.63) is 0 Å². The second-order valence-corrected chi connectivity index (χ2v) is 4.83. The van der Waals surface area contributed by atoms with Crippen molar-refractivity contribution < 1.29 is 0 Å². The number of hydrogen-bond donors (Lipinski definition) is 0. The highest BCUT2D eigenvalue weighted by Gasteiger charge is 2.48. The summed E-state index contributed by atoms with van der Waals surface area (Å²) in [5.74, 6) is 2.06. The van der Waals surface area contributed by atoms with Crippen LogP contribution in [0.25, 0.3) is 0 Å². The van der Waals surface area contributed by atoms with E-state index in [1.807, 2.05) is 0 Å². The van der Waals surface area contributed by atoms with E-state index < -0.39 is 0 Å². The van der Waals surface area contributed by atoms with Crippen LogP contribution in [0.2, 0.25) is 0 Å². The second-order valence-electron chi connectivity index (χ2n) is 4.83. The fourth-order valence-electron chi connectivity index (χ4n) is 3.12. The third-order valence-electron chi connectivity index (χ3n) is 4.14. The molecule has 2 fully saturated rings. The Kier molecular flexibility index (Phi) is 1.54. The van der Waals surface area contributed by atoms with Crippen molar-refractivity contribution in [1.82, 2.24) is 4.90 Å². The van der Waals surface area contributed by atoms with E-state index in [2.05, 4.69) is 25.9 Å². The fraction of sp³-hybridized carbons (Fsp3) is 1.00. The van der Waals surface area contributed by atoms with Gasteiger partial charge in [0.15, 0.2) is 0 Å². The standard InChI is InChI=1S/C10H19N/c1-10(11(2)3)7-8-4-5-9(10)6-8/h8-9H,4-7H2,1-3H3/t8-,9-,10-/m0/s1. The van der Waals surface area contributed by atoms with Crippen LogP contribution in [0.3, 0.4) is 0 Å². The average molecular weight is 153 g/mol. The molecule has 0 unspecified atom stereocenters. The molecule has 64 valence electrons. The lowest BCUT2D eigenvalue weighted by Gasteiger charge is -2.40. The molecule has 0 aliphatic heterocycles. The normalized spacial score (nSPS) is 49.1. The fourth-order valence-corrected chi connectivity index (χ4v) is 3.12. The number of nitrogens with zero attached hydrogens (tertiary/aromatic N) is 1. The molecule has 0 amide bonds. The van der Waals surface area contributed by atoms with E-state index in [1.54, 1.807) is 0 Å². The van der Waals surface area contributed by atoms with E-state index in [0.29, 0.717) is 5.54 Å². The summed E-state index contributed by atoms with van der Waals surface area (Å²) in [6.07, 6.45) is 5.95. The van der Waals surface area contributed by atoms with Crippen LogP contribution in [0, 0.1) is 11.8 Å². The third-order valence-corrected chi connectivity index (χ3v) is 4.14. The Morgan fingerprint density at radius 2 is 2.00 bits per heavy atom. The first-order valence-electron chi connectivity index (χ1n) is 4.80. The minimum Gasteiger partial charge on any atom is -0.304 e. The van der Waals surface area contributed by atoms with Crippen molar-refractivity contribution in [2.24, 2.45) is 11.8 Å². The van der Waals surface area contributed by atoms with Gasteiger partial charge < -0.3 is 4.90 Å². The van der Waals surface area contributed by atoms with Gasteiger partial charge in [-0.05, 0) is 52.1 Å². The van der Waals surface area contributed by atoms with E-state index >= 15 is 0 Å². The first kappa shape index (κ1) is 7.60. The maximum Gasteiger partial charge on any atom is 0.0206 e. The van der Waals surface area contributed by atoms with Crippen molar-refractivity contribution in [2.75, 3.05) is 14.1 Å². The van der Waals surface area contributed by atoms with Gasteiger partial charge in [0.05, 0.1) is 0 Å². The van der Waals surface area contributed by atoms with Crippen molar-refractivity contribution in [1.29, 1.82) is 0 Å². The van der Waals surface area contributed by atoms with Crippen molar-refractivity contribution in [3.63, 3.8) is 0 Å². The van der Waals surface area contributed by atoms with Crippen LogP contribution in [0.1, 0.15) is 32.6 Å². The Bertz CT molecular complexity index is 164. The Hall–Kier alpha value is -0.0400. The van der Waals surface area contributed by atoms with Gasteiger partial charge in [0, 0.05) is 5.54 Å². The first-order valence-corrected chi connectivity index (χ1v) is 4.80. The number of hydrogen-bond acceptors (Lipinski definition) is 1. The van der Waals surface area contributed by atoms with Crippen LogP contribution in [-0.2, 0) is 0 Å². The van der Waals surface area contributed by atoms with E-state index in [-0.39, 0.29) is 0 Å². The van der Waals surface area contributed by atoms with E-state index in [1.165, 1.54) is 25.7 Å². The van der Waals surface area contributed by atoms with Crippen molar-refractivity contribution in [2.45, 2.75) is 38.1 Å². The van der Waals surface area contributed by atoms with Gasteiger partial charge in [0.25, 0.3) is 0 Å². The zero-order chi connectivity index (χ0) is 8.06. The van der Waals surface area contributed by atoms with Gasteiger partial charge in [-0.3, -0.25) is 0 Å². The lowest BCUT2D eigenvalue weighted by Crippen LogP contribution is -2.45. The van der Waals surface area contributed by atoms with Gasteiger partial charge in [-0.25, -0.2) is 0 Å². The van der Waals surface area contributed by atoms with Crippen LogP contribution in [0.5, 0.6) is 0 Å². The van der Waals surface area contributed by atoms with Gasteiger partial charge >= 0.3 is 0 Å². The van der Waals surface area contributed by atoms with Crippen molar-refractivity contribution in [3.8, 4) is 0 Å². The van der Waals surface area contributed by atoms with Crippen LogP contribution in [0.4, 0.5) is 0 Å². The molecule has 2 saturated carbocycles. The zero-order valence-corrected chi connectivity index (χ0v) is 7.93. The average Bonchev–Trinajstić information content (AvgIpc) is 2.45. The molecular weight excluding hydrogens is 134 g/mol. The van der Waals surface area contributed by atoms with Gasteiger partial charge in [0.2, 0.25) is 0 Å². The highest BCUT2D eigenvalue weighted by molar-refractivity contribution is 5.03. The molecule has 0 aromatic rings. The van der Waals surface area contributed by atoms with Crippen molar-refractivity contribution >= 4 is 0 Å². The van der Waals surface area contributed by atoms with E-state index in [0.717, 1.165) is 11.8 Å². The number of rotatable bonds is 1. The quantitative estimate of drug-likeness (QED) is 0.558. The minimum atomic E-state index is 0.545. The first-order chi connectivity index (χ1) is 5.13. The maximum absolute atomic E-state index is 2.44. The summed E-state index contributed by atoms with van der Waals surface area (Å²) in [6.45, 7) is 2.44. The van der Waals surface area contributed by atoms with Crippen LogP contribution >= 0.6 is 0 Å². The topological polar surface area (TPSA) is 3.24 Å². The molecular formula is C10H19N. The molecule has 2 aliphatic rings. The lowest BCUT2D eigenvalue weighted by molar-refractivity contribution is 0.102.